The predicted octanol–water partition coefficient (Wildman–Crippen LogP) is 2.64. The lowest BCUT2D eigenvalue weighted by atomic mass is 9.83. The molecule has 17 heavy (non-hydrogen) atoms. The van der Waals surface area contributed by atoms with Gasteiger partial charge in [-0.1, -0.05) is 27.7 Å². The van der Waals surface area contributed by atoms with Crippen LogP contribution in [0.5, 0.6) is 0 Å². The first-order chi connectivity index (χ1) is 7.98. The minimum atomic E-state index is 0.0817. The molecule has 0 saturated carbocycles. The molecule has 0 aliphatic heterocycles. The Morgan fingerprint density at radius 1 is 1.06 bits per heavy atom. The minimum Gasteiger partial charge on any atom is -0.377 e. The molecular formula is C14H32N2O. The van der Waals surface area contributed by atoms with Crippen molar-refractivity contribution in [2.75, 3.05) is 19.7 Å². The number of rotatable bonds is 9. The van der Waals surface area contributed by atoms with Crippen LogP contribution in [0.1, 0.15) is 54.4 Å². The molecule has 0 saturated heterocycles. The highest BCUT2D eigenvalue weighted by Crippen LogP contribution is 2.27. The van der Waals surface area contributed by atoms with E-state index in [0.29, 0.717) is 6.61 Å². The fourth-order valence-corrected chi connectivity index (χ4v) is 2.76. The summed E-state index contributed by atoms with van der Waals surface area (Å²) in [4.78, 5) is 2.49. The van der Waals surface area contributed by atoms with E-state index in [1.807, 2.05) is 0 Å². The summed E-state index contributed by atoms with van der Waals surface area (Å²) in [5, 5.41) is 0. The molecule has 0 aliphatic rings. The summed E-state index contributed by atoms with van der Waals surface area (Å²) in [7, 11) is 0. The van der Waals surface area contributed by atoms with E-state index < -0.39 is 0 Å². The van der Waals surface area contributed by atoms with Gasteiger partial charge < -0.3 is 10.5 Å². The quantitative estimate of drug-likeness (QED) is 0.677. The molecule has 3 heteroatoms. The molecule has 0 bridgehead atoms. The predicted molar refractivity (Wildman–Crippen MR) is 75.3 cm³/mol. The average Bonchev–Trinajstić information content (AvgIpc) is 2.33. The summed E-state index contributed by atoms with van der Waals surface area (Å²) >= 11 is 0. The summed E-state index contributed by atoms with van der Waals surface area (Å²) < 4.78 is 5.70. The summed E-state index contributed by atoms with van der Waals surface area (Å²) in [5.74, 6) is 0. The summed E-state index contributed by atoms with van der Waals surface area (Å²) in [6.07, 6.45) is 2.41. The van der Waals surface area contributed by atoms with Crippen LogP contribution >= 0.6 is 0 Å². The van der Waals surface area contributed by atoms with Gasteiger partial charge in [0, 0.05) is 11.6 Å². The summed E-state index contributed by atoms with van der Waals surface area (Å²) in [6.45, 7) is 15.7. The molecule has 0 aromatic carbocycles. The third-order valence-corrected chi connectivity index (χ3v) is 3.92. The van der Waals surface area contributed by atoms with Crippen molar-refractivity contribution in [3.8, 4) is 0 Å². The SMILES string of the molecule is CCN(CC)C(CC)(CC)C(N)COC(C)C. The zero-order valence-electron chi connectivity index (χ0n) is 12.6. The largest absolute Gasteiger partial charge is 0.377 e. The van der Waals surface area contributed by atoms with Crippen molar-refractivity contribution >= 4 is 0 Å². The van der Waals surface area contributed by atoms with Crippen LogP contribution in [0.3, 0.4) is 0 Å². The van der Waals surface area contributed by atoms with E-state index in [2.05, 4.69) is 46.4 Å². The Morgan fingerprint density at radius 2 is 1.53 bits per heavy atom. The first-order valence-corrected chi connectivity index (χ1v) is 7.10. The van der Waals surface area contributed by atoms with Crippen molar-refractivity contribution in [2.45, 2.75) is 72.1 Å². The lowest BCUT2D eigenvalue weighted by Crippen LogP contribution is -2.61. The molecule has 0 spiro atoms. The Hall–Kier alpha value is -0.120. The van der Waals surface area contributed by atoms with Crippen LogP contribution in [0, 0.1) is 0 Å². The standard InChI is InChI=1S/C14H32N2O/c1-7-14(8-2,16(9-3)10-4)13(15)11-17-12(5)6/h12-13H,7-11,15H2,1-6H3. The van der Waals surface area contributed by atoms with Gasteiger partial charge in [-0.05, 0) is 39.8 Å². The van der Waals surface area contributed by atoms with Crippen molar-refractivity contribution in [3.63, 3.8) is 0 Å². The van der Waals surface area contributed by atoms with Crippen molar-refractivity contribution in [2.24, 2.45) is 5.73 Å². The van der Waals surface area contributed by atoms with E-state index >= 15 is 0 Å². The highest BCUT2D eigenvalue weighted by Gasteiger charge is 2.37. The molecule has 0 rings (SSSR count). The Labute approximate surface area is 108 Å². The molecular weight excluding hydrogens is 212 g/mol. The second kappa shape index (κ2) is 8.06. The second-order valence-corrected chi connectivity index (χ2v) is 4.97. The van der Waals surface area contributed by atoms with Crippen LogP contribution < -0.4 is 5.73 Å². The number of hydrogen-bond donors (Lipinski definition) is 1. The van der Waals surface area contributed by atoms with Gasteiger partial charge in [-0.15, -0.1) is 0 Å². The molecule has 0 amide bonds. The normalized spacial score (nSPS) is 14.6. The first-order valence-electron chi connectivity index (χ1n) is 7.10. The van der Waals surface area contributed by atoms with Crippen LogP contribution in [-0.4, -0.2) is 42.3 Å². The lowest BCUT2D eigenvalue weighted by Gasteiger charge is -2.46. The van der Waals surface area contributed by atoms with Gasteiger partial charge in [-0.25, -0.2) is 0 Å². The maximum absolute atomic E-state index is 6.41. The molecule has 1 unspecified atom stereocenters. The van der Waals surface area contributed by atoms with Crippen LogP contribution in [0.4, 0.5) is 0 Å². The lowest BCUT2D eigenvalue weighted by molar-refractivity contribution is -0.000552. The fraction of sp³-hybridized carbons (Fsp3) is 1.00. The molecule has 0 radical (unpaired) electrons. The molecule has 0 aromatic heterocycles. The van der Waals surface area contributed by atoms with Crippen LogP contribution in [0.15, 0.2) is 0 Å². The Morgan fingerprint density at radius 3 is 1.82 bits per heavy atom. The first kappa shape index (κ1) is 16.9. The topological polar surface area (TPSA) is 38.5 Å². The van der Waals surface area contributed by atoms with Crippen molar-refractivity contribution in [1.29, 1.82) is 0 Å². The van der Waals surface area contributed by atoms with E-state index in [-0.39, 0.29) is 17.7 Å². The van der Waals surface area contributed by atoms with Crippen LogP contribution in [0.25, 0.3) is 0 Å². The molecule has 0 aliphatic carbocycles. The zero-order valence-corrected chi connectivity index (χ0v) is 12.6. The van der Waals surface area contributed by atoms with Gasteiger partial charge in [0.25, 0.3) is 0 Å². The summed E-state index contributed by atoms with van der Waals surface area (Å²) in [6, 6.07) is 0.0831. The van der Waals surface area contributed by atoms with Crippen molar-refractivity contribution in [1.82, 2.24) is 4.90 Å². The third-order valence-electron chi connectivity index (χ3n) is 3.92. The van der Waals surface area contributed by atoms with Gasteiger partial charge in [0.2, 0.25) is 0 Å². The second-order valence-electron chi connectivity index (χ2n) is 4.97. The highest BCUT2D eigenvalue weighted by molar-refractivity contribution is 4.97. The van der Waals surface area contributed by atoms with Gasteiger partial charge in [-0.3, -0.25) is 4.90 Å². The molecule has 0 heterocycles. The third kappa shape index (κ3) is 4.23. The molecule has 0 fully saturated rings. The Balaban J connectivity index is 4.78. The van der Waals surface area contributed by atoms with Gasteiger partial charge in [0.1, 0.15) is 0 Å². The average molecular weight is 244 g/mol. The Kier molecular flexibility index (Phi) is 8.01. The van der Waals surface area contributed by atoms with E-state index in [9.17, 15) is 0 Å². The number of hydrogen-bond acceptors (Lipinski definition) is 3. The Bertz CT molecular complexity index is 187. The molecule has 2 N–H and O–H groups in total. The number of nitrogens with two attached hydrogens (primary N) is 1. The maximum atomic E-state index is 6.41. The highest BCUT2D eigenvalue weighted by atomic mass is 16.5. The number of ether oxygens (including phenoxy) is 1. The van der Waals surface area contributed by atoms with Gasteiger partial charge in [-0.2, -0.15) is 0 Å². The van der Waals surface area contributed by atoms with E-state index in [1.54, 1.807) is 0 Å². The summed E-state index contributed by atoms with van der Waals surface area (Å²) in [5.41, 5.74) is 6.49. The van der Waals surface area contributed by atoms with E-state index in [4.69, 9.17) is 10.5 Å². The number of nitrogens with zero attached hydrogens (tertiary/aromatic N) is 1. The van der Waals surface area contributed by atoms with Crippen LogP contribution in [-0.2, 0) is 4.74 Å². The van der Waals surface area contributed by atoms with Crippen molar-refractivity contribution < 1.29 is 4.74 Å². The molecule has 0 aromatic rings. The van der Waals surface area contributed by atoms with Gasteiger partial charge in [0.15, 0.2) is 0 Å². The smallest absolute Gasteiger partial charge is 0.0639 e. The number of likely N-dealkylation sites (N-methyl/N-ethyl adjacent to an activating group) is 1. The monoisotopic (exact) mass is 244 g/mol. The van der Waals surface area contributed by atoms with Crippen LogP contribution in [0.2, 0.25) is 0 Å². The van der Waals surface area contributed by atoms with Crippen molar-refractivity contribution in [3.05, 3.63) is 0 Å². The van der Waals surface area contributed by atoms with Gasteiger partial charge in [0.05, 0.1) is 12.7 Å². The molecule has 1 atom stereocenters. The molecule has 104 valence electrons. The fourth-order valence-electron chi connectivity index (χ4n) is 2.76. The minimum absolute atomic E-state index is 0.0817. The maximum Gasteiger partial charge on any atom is 0.0639 e. The zero-order chi connectivity index (χ0) is 13.5. The molecule has 3 nitrogen and oxygen atoms in total. The van der Waals surface area contributed by atoms with Gasteiger partial charge >= 0.3 is 0 Å². The van der Waals surface area contributed by atoms with E-state index in [0.717, 1.165) is 25.9 Å². The van der Waals surface area contributed by atoms with E-state index in [1.165, 1.54) is 0 Å².